The van der Waals surface area contributed by atoms with Crippen molar-refractivity contribution < 1.29 is 18.7 Å². The van der Waals surface area contributed by atoms with Gasteiger partial charge in [0.05, 0.1) is 20.6 Å². The van der Waals surface area contributed by atoms with Gasteiger partial charge in [-0.2, -0.15) is 0 Å². The molecule has 0 bridgehead atoms. The van der Waals surface area contributed by atoms with Crippen LogP contribution in [0.5, 0.6) is 5.75 Å². The van der Waals surface area contributed by atoms with E-state index in [9.17, 15) is 9.18 Å². The molecular weight excluding hydrogens is 259 g/mol. The molecule has 0 aliphatic rings. The van der Waals surface area contributed by atoms with Crippen LogP contribution in [0.4, 0.5) is 4.39 Å². The minimum absolute atomic E-state index is 0.202. The number of methoxy groups -OCH3 is 2. The number of rotatable bonds is 4. The van der Waals surface area contributed by atoms with Crippen molar-refractivity contribution in [2.75, 3.05) is 14.2 Å². The zero-order chi connectivity index (χ0) is 14.5. The van der Waals surface area contributed by atoms with Crippen molar-refractivity contribution in [3.63, 3.8) is 0 Å². The summed E-state index contributed by atoms with van der Waals surface area (Å²) in [5, 5.41) is 0. The number of carbonyl (C=O) groups is 1. The first-order valence-electron chi connectivity index (χ1n) is 6.13. The zero-order valence-electron chi connectivity index (χ0n) is 11.4. The fourth-order valence-electron chi connectivity index (χ4n) is 1.99. The fourth-order valence-corrected chi connectivity index (χ4v) is 1.99. The molecule has 0 N–H and O–H groups in total. The van der Waals surface area contributed by atoms with E-state index in [1.54, 1.807) is 6.07 Å². The lowest BCUT2D eigenvalue weighted by atomic mass is 10.0. The first-order valence-corrected chi connectivity index (χ1v) is 6.13. The highest BCUT2D eigenvalue weighted by molar-refractivity contribution is 5.75. The van der Waals surface area contributed by atoms with Gasteiger partial charge in [-0.25, -0.2) is 4.39 Å². The predicted octanol–water partition coefficient (Wildman–Crippen LogP) is 3.22. The molecule has 104 valence electrons. The van der Waals surface area contributed by atoms with Crippen LogP contribution in [0, 0.1) is 5.82 Å². The van der Waals surface area contributed by atoms with Gasteiger partial charge in [0.2, 0.25) is 0 Å². The maximum absolute atomic E-state index is 13.2. The summed E-state index contributed by atoms with van der Waals surface area (Å²) in [5.41, 5.74) is 2.48. The Morgan fingerprint density at radius 3 is 2.65 bits per heavy atom. The quantitative estimate of drug-likeness (QED) is 0.803. The van der Waals surface area contributed by atoms with E-state index in [0.29, 0.717) is 5.75 Å². The van der Waals surface area contributed by atoms with Gasteiger partial charge >= 0.3 is 5.97 Å². The molecule has 0 aliphatic carbocycles. The summed E-state index contributed by atoms with van der Waals surface area (Å²) in [6, 6.07) is 11.8. The second kappa shape index (κ2) is 6.19. The van der Waals surface area contributed by atoms with Crippen molar-refractivity contribution in [1.29, 1.82) is 0 Å². The average Bonchev–Trinajstić information content (AvgIpc) is 2.47. The molecule has 0 fully saturated rings. The highest BCUT2D eigenvalue weighted by atomic mass is 19.1. The molecule has 2 rings (SSSR count). The molecule has 0 heterocycles. The van der Waals surface area contributed by atoms with Crippen molar-refractivity contribution in [3.8, 4) is 16.9 Å². The SMILES string of the molecule is COC(=O)Cc1cccc(-c2ccc(F)cc2OC)c1. The molecule has 0 radical (unpaired) electrons. The van der Waals surface area contributed by atoms with Gasteiger partial charge in [-0.05, 0) is 23.3 Å². The zero-order valence-corrected chi connectivity index (χ0v) is 11.4. The number of hydrogen-bond donors (Lipinski definition) is 0. The van der Waals surface area contributed by atoms with E-state index in [1.807, 2.05) is 24.3 Å². The maximum atomic E-state index is 13.2. The fraction of sp³-hybridized carbons (Fsp3) is 0.188. The molecule has 0 aromatic heterocycles. The minimum Gasteiger partial charge on any atom is -0.496 e. The molecule has 0 unspecified atom stereocenters. The van der Waals surface area contributed by atoms with Crippen LogP contribution < -0.4 is 4.74 Å². The van der Waals surface area contributed by atoms with Crippen LogP contribution in [0.25, 0.3) is 11.1 Å². The summed E-state index contributed by atoms with van der Waals surface area (Å²) in [7, 11) is 2.85. The van der Waals surface area contributed by atoms with E-state index in [0.717, 1.165) is 16.7 Å². The highest BCUT2D eigenvalue weighted by Gasteiger charge is 2.09. The third-order valence-corrected chi connectivity index (χ3v) is 2.98. The van der Waals surface area contributed by atoms with Crippen molar-refractivity contribution in [2.24, 2.45) is 0 Å². The van der Waals surface area contributed by atoms with E-state index in [2.05, 4.69) is 4.74 Å². The van der Waals surface area contributed by atoms with Gasteiger partial charge in [0.25, 0.3) is 0 Å². The van der Waals surface area contributed by atoms with E-state index in [1.165, 1.54) is 26.4 Å². The Bertz CT molecular complexity index is 623. The summed E-state index contributed by atoms with van der Waals surface area (Å²) in [6.07, 6.45) is 0.202. The summed E-state index contributed by atoms with van der Waals surface area (Å²) in [4.78, 5) is 11.3. The lowest BCUT2D eigenvalue weighted by Gasteiger charge is -2.10. The van der Waals surface area contributed by atoms with Crippen LogP contribution in [0.15, 0.2) is 42.5 Å². The number of esters is 1. The van der Waals surface area contributed by atoms with Crippen molar-refractivity contribution in [3.05, 3.63) is 53.8 Å². The summed E-state index contributed by atoms with van der Waals surface area (Å²) in [5.74, 6) is -0.190. The molecule has 0 saturated heterocycles. The first kappa shape index (κ1) is 14.1. The molecule has 4 heteroatoms. The van der Waals surface area contributed by atoms with Gasteiger partial charge in [0.15, 0.2) is 0 Å². The van der Waals surface area contributed by atoms with Crippen LogP contribution in [0.1, 0.15) is 5.56 Å². The monoisotopic (exact) mass is 274 g/mol. The van der Waals surface area contributed by atoms with Gasteiger partial charge in [0, 0.05) is 11.6 Å². The van der Waals surface area contributed by atoms with E-state index >= 15 is 0 Å². The third-order valence-electron chi connectivity index (χ3n) is 2.98. The second-order valence-corrected chi connectivity index (χ2v) is 4.30. The number of halogens is 1. The van der Waals surface area contributed by atoms with Crippen molar-refractivity contribution in [2.45, 2.75) is 6.42 Å². The minimum atomic E-state index is -0.351. The van der Waals surface area contributed by atoms with Gasteiger partial charge in [0.1, 0.15) is 11.6 Å². The molecule has 20 heavy (non-hydrogen) atoms. The van der Waals surface area contributed by atoms with Crippen LogP contribution >= 0.6 is 0 Å². The average molecular weight is 274 g/mol. The smallest absolute Gasteiger partial charge is 0.309 e. The molecule has 0 spiro atoms. The first-order chi connectivity index (χ1) is 9.63. The highest BCUT2D eigenvalue weighted by Crippen LogP contribution is 2.31. The van der Waals surface area contributed by atoms with Gasteiger partial charge in [-0.15, -0.1) is 0 Å². The van der Waals surface area contributed by atoms with Crippen LogP contribution in [0.3, 0.4) is 0 Å². The summed E-state index contributed by atoms with van der Waals surface area (Å²) in [6.45, 7) is 0. The third kappa shape index (κ3) is 3.15. The van der Waals surface area contributed by atoms with Crippen LogP contribution in [-0.4, -0.2) is 20.2 Å². The van der Waals surface area contributed by atoms with E-state index < -0.39 is 0 Å². The predicted molar refractivity (Wildman–Crippen MR) is 74.1 cm³/mol. The molecular formula is C16H15FO3. The summed E-state index contributed by atoms with van der Waals surface area (Å²) < 4.78 is 23.0. The van der Waals surface area contributed by atoms with E-state index in [-0.39, 0.29) is 18.2 Å². The van der Waals surface area contributed by atoms with E-state index in [4.69, 9.17) is 4.74 Å². The Labute approximate surface area is 117 Å². The normalized spacial score (nSPS) is 10.2. The number of hydrogen-bond acceptors (Lipinski definition) is 3. The molecule has 2 aromatic rings. The molecule has 2 aromatic carbocycles. The Hall–Kier alpha value is -2.36. The molecule has 3 nitrogen and oxygen atoms in total. The summed E-state index contributed by atoms with van der Waals surface area (Å²) >= 11 is 0. The van der Waals surface area contributed by atoms with Gasteiger partial charge in [-0.3, -0.25) is 4.79 Å². The Kier molecular flexibility index (Phi) is 4.35. The Morgan fingerprint density at radius 2 is 1.95 bits per heavy atom. The number of ether oxygens (including phenoxy) is 2. The number of benzene rings is 2. The largest absolute Gasteiger partial charge is 0.496 e. The Balaban J connectivity index is 2.38. The number of carbonyl (C=O) groups excluding carboxylic acids is 1. The topological polar surface area (TPSA) is 35.5 Å². The van der Waals surface area contributed by atoms with Gasteiger partial charge < -0.3 is 9.47 Å². The molecule has 0 aliphatic heterocycles. The molecule has 0 amide bonds. The lowest BCUT2D eigenvalue weighted by molar-refractivity contribution is -0.139. The Morgan fingerprint density at radius 1 is 1.15 bits per heavy atom. The standard InChI is InChI=1S/C16H15FO3/c1-19-15-10-13(17)6-7-14(15)12-5-3-4-11(8-12)9-16(18)20-2/h3-8,10H,9H2,1-2H3. The van der Waals surface area contributed by atoms with Crippen molar-refractivity contribution >= 4 is 5.97 Å². The van der Waals surface area contributed by atoms with Gasteiger partial charge in [-0.1, -0.05) is 24.3 Å². The molecule has 0 atom stereocenters. The second-order valence-electron chi connectivity index (χ2n) is 4.30. The van der Waals surface area contributed by atoms with Crippen LogP contribution in [0.2, 0.25) is 0 Å². The maximum Gasteiger partial charge on any atom is 0.309 e. The van der Waals surface area contributed by atoms with Crippen LogP contribution in [-0.2, 0) is 16.0 Å². The van der Waals surface area contributed by atoms with Crippen molar-refractivity contribution in [1.82, 2.24) is 0 Å². The lowest BCUT2D eigenvalue weighted by Crippen LogP contribution is -2.04. The molecule has 0 saturated carbocycles.